The Balaban J connectivity index is 2.63. The summed E-state index contributed by atoms with van der Waals surface area (Å²) in [7, 11) is 0. The van der Waals surface area contributed by atoms with Crippen LogP contribution in [0, 0.1) is 0 Å². The zero-order valence-corrected chi connectivity index (χ0v) is 9.84. The average Bonchev–Trinajstić information content (AvgIpc) is 2.47. The van der Waals surface area contributed by atoms with Crippen LogP contribution in [0.3, 0.4) is 0 Å². The second-order valence-corrected chi connectivity index (χ2v) is 5.42. The van der Waals surface area contributed by atoms with Gasteiger partial charge in [0, 0.05) is 12.3 Å². The molecule has 0 radical (unpaired) electrons. The summed E-state index contributed by atoms with van der Waals surface area (Å²) in [5.41, 5.74) is -0.590. The number of carboxylic acid groups (broad SMARTS) is 1. The summed E-state index contributed by atoms with van der Waals surface area (Å²) in [4.78, 5) is 23.7. The number of ether oxygens (including phenoxy) is 1. The highest BCUT2D eigenvalue weighted by Crippen LogP contribution is 2.25. The minimum atomic E-state index is -0.997. The zero-order chi connectivity index (χ0) is 11.6. The second-order valence-electron chi connectivity index (χ2n) is 4.24. The fraction of sp³-hybridized carbons (Fsp3) is 0.778. The fourth-order valence-electron chi connectivity index (χ4n) is 1.18. The molecular formula is C9H15NO4S. The molecule has 1 aliphatic rings. The summed E-state index contributed by atoms with van der Waals surface area (Å²) in [6, 6.07) is 0. The Morgan fingerprint density at radius 1 is 1.47 bits per heavy atom. The molecule has 86 valence electrons. The molecule has 0 bridgehead atoms. The van der Waals surface area contributed by atoms with Crippen molar-refractivity contribution in [2.45, 2.75) is 31.7 Å². The van der Waals surface area contributed by atoms with Crippen molar-refractivity contribution in [1.29, 1.82) is 0 Å². The lowest BCUT2D eigenvalue weighted by Gasteiger charge is -2.26. The molecule has 15 heavy (non-hydrogen) atoms. The van der Waals surface area contributed by atoms with E-state index in [0.29, 0.717) is 12.3 Å². The maximum Gasteiger partial charge on any atom is 0.411 e. The zero-order valence-electron chi connectivity index (χ0n) is 9.02. The molecule has 1 fully saturated rings. The van der Waals surface area contributed by atoms with Crippen LogP contribution in [0.25, 0.3) is 0 Å². The summed E-state index contributed by atoms with van der Waals surface area (Å²) < 4.78 is 5.11. The normalized spacial score (nSPS) is 21.5. The van der Waals surface area contributed by atoms with E-state index in [1.54, 1.807) is 20.8 Å². The van der Waals surface area contributed by atoms with E-state index in [2.05, 4.69) is 0 Å². The summed E-state index contributed by atoms with van der Waals surface area (Å²) in [6.07, 6.45) is -0.556. The van der Waals surface area contributed by atoms with Gasteiger partial charge in [-0.3, -0.25) is 4.90 Å². The average molecular weight is 233 g/mol. The van der Waals surface area contributed by atoms with E-state index < -0.39 is 23.0 Å². The van der Waals surface area contributed by atoms with Crippen LogP contribution in [0.5, 0.6) is 0 Å². The van der Waals surface area contributed by atoms with Crippen molar-refractivity contribution >= 4 is 23.8 Å². The van der Waals surface area contributed by atoms with Crippen molar-refractivity contribution in [3.05, 3.63) is 0 Å². The van der Waals surface area contributed by atoms with Gasteiger partial charge < -0.3 is 9.84 Å². The van der Waals surface area contributed by atoms with Crippen molar-refractivity contribution in [2.75, 3.05) is 12.3 Å². The van der Waals surface area contributed by atoms with Crippen LogP contribution < -0.4 is 0 Å². The monoisotopic (exact) mass is 233 g/mol. The fourth-order valence-corrected chi connectivity index (χ4v) is 2.22. The largest absolute Gasteiger partial charge is 0.479 e. The Labute approximate surface area is 92.8 Å². The molecule has 1 atom stereocenters. The van der Waals surface area contributed by atoms with Gasteiger partial charge in [-0.1, -0.05) is 0 Å². The molecule has 5 nitrogen and oxygen atoms in total. The number of thioether (sulfide) groups is 1. The molecule has 1 amide bonds. The van der Waals surface area contributed by atoms with E-state index in [0.717, 1.165) is 0 Å². The van der Waals surface area contributed by atoms with Crippen LogP contribution in [0.4, 0.5) is 4.79 Å². The third kappa shape index (κ3) is 3.30. The Bertz CT molecular complexity index is 274. The van der Waals surface area contributed by atoms with Gasteiger partial charge in [0.15, 0.2) is 5.37 Å². The molecule has 0 aromatic heterocycles. The topological polar surface area (TPSA) is 66.8 Å². The van der Waals surface area contributed by atoms with Crippen LogP contribution in [-0.2, 0) is 9.53 Å². The first-order valence-electron chi connectivity index (χ1n) is 4.65. The summed E-state index contributed by atoms with van der Waals surface area (Å²) >= 11 is 1.24. The van der Waals surface area contributed by atoms with Crippen LogP contribution >= 0.6 is 11.8 Å². The molecule has 0 aromatic rings. The highest BCUT2D eigenvalue weighted by atomic mass is 32.2. The highest BCUT2D eigenvalue weighted by Gasteiger charge is 2.37. The number of amides is 1. The first kappa shape index (κ1) is 12.2. The minimum Gasteiger partial charge on any atom is -0.479 e. The van der Waals surface area contributed by atoms with Gasteiger partial charge in [0.25, 0.3) is 0 Å². The maximum absolute atomic E-state index is 11.6. The van der Waals surface area contributed by atoms with E-state index in [1.165, 1.54) is 16.7 Å². The van der Waals surface area contributed by atoms with Crippen LogP contribution in [0.1, 0.15) is 20.8 Å². The Hall–Kier alpha value is -0.910. The summed E-state index contributed by atoms with van der Waals surface area (Å²) in [5, 5.41) is 8.05. The Kier molecular flexibility index (Phi) is 3.49. The van der Waals surface area contributed by atoms with Gasteiger partial charge in [-0.25, -0.2) is 9.59 Å². The Morgan fingerprint density at radius 3 is 2.53 bits per heavy atom. The molecule has 6 heteroatoms. The molecule has 0 aromatic carbocycles. The molecule has 0 saturated carbocycles. The van der Waals surface area contributed by atoms with Crippen molar-refractivity contribution < 1.29 is 19.4 Å². The number of nitrogens with zero attached hydrogens (tertiary/aromatic N) is 1. The van der Waals surface area contributed by atoms with Gasteiger partial charge in [-0.15, -0.1) is 11.8 Å². The van der Waals surface area contributed by atoms with Gasteiger partial charge >= 0.3 is 12.1 Å². The van der Waals surface area contributed by atoms with E-state index in [4.69, 9.17) is 9.84 Å². The van der Waals surface area contributed by atoms with E-state index >= 15 is 0 Å². The van der Waals surface area contributed by atoms with Gasteiger partial charge in [-0.2, -0.15) is 0 Å². The van der Waals surface area contributed by atoms with Crippen LogP contribution in [0.15, 0.2) is 0 Å². The predicted molar refractivity (Wildman–Crippen MR) is 56.8 cm³/mol. The number of rotatable bonds is 1. The number of hydrogen-bond donors (Lipinski definition) is 1. The molecule has 1 unspecified atom stereocenters. The highest BCUT2D eigenvalue weighted by molar-refractivity contribution is 8.00. The van der Waals surface area contributed by atoms with Crippen molar-refractivity contribution in [3.63, 3.8) is 0 Å². The van der Waals surface area contributed by atoms with E-state index in [9.17, 15) is 9.59 Å². The van der Waals surface area contributed by atoms with Gasteiger partial charge in [0.1, 0.15) is 5.60 Å². The maximum atomic E-state index is 11.6. The summed E-state index contributed by atoms with van der Waals surface area (Å²) in [5.74, 6) is -0.362. The molecule has 1 rings (SSSR count). The smallest absolute Gasteiger partial charge is 0.411 e. The van der Waals surface area contributed by atoms with Crippen molar-refractivity contribution in [2.24, 2.45) is 0 Å². The second kappa shape index (κ2) is 4.30. The first-order valence-corrected chi connectivity index (χ1v) is 5.70. The van der Waals surface area contributed by atoms with E-state index in [-0.39, 0.29) is 0 Å². The summed E-state index contributed by atoms with van der Waals surface area (Å²) in [6.45, 7) is 5.69. The molecule has 1 N–H and O–H groups in total. The first-order chi connectivity index (χ1) is 6.81. The molecule has 0 spiro atoms. The van der Waals surface area contributed by atoms with Crippen molar-refractivity contribution in [1.82, 2.24) is 4.90 Å². The third-order valence-electron chi connectivity index (χ3n) is 1.73. The lowest BCUT2D eigenvalue weighted by molar-refractivity contribution is -0.139. The number of hydrogen-bond acceptors (Lipinski definition) is 4. The number of carbonyl (C=O) groups excluding carboxylic acids is 1. The molecule has 1 aliphatic heterocycles. The minimum absolute atomic E-state index is 0.427. The van der Waals surface area contributed by atoms with Gasteiger partial charge in [-0.05, 0) is 20.8 Å². The Morgan fingerprint density at radius 2 is 2.07 bits per heavy atom. The molecule has 0 aliphatic carbocycles. The van der Waals surface area contributed by atoms with Crippen molar-refractivity contribution in [3.8, 4) is 0 Å². The standard InChI is InChI=1S/C9H15NO4S/c1-9(2,3)14-8(13)10-4-5-15-6(10)7(11)12/h6H,4-5H2,1-3H3,(H,11,12). The quantitative estimate of drug-likeness (QED) is 0.741. The predicted octanol–water partition coefficient (Wildman–Crippen LogP) is 1.38. The van der Waals surface area contributed by atoms with Gasteiger partial charge in [0.2, 0.25) is 0 Å². The lowest BCUT2D eigenvalue weighted by Crippen LogP contribution is -2.42. The SMILES string of the molecule is CC(C)(C)OC(=O)N1CCSC1C(=O)O. The van der Waals surface area contributed by atoms with Crippen LogP contribution in [0.2, 0.25) is 0 Å². The number of aliphatic carboxylic acids is 1. The number of carboxylic acids is 1. The number of carbonyl (C=O) groups is 2. The van der Waals surface area contributed by atoms with Gasteiger partial charge in [0.05, 0.1) is 0 Å². The van der Waals surface area contributed by atoms with Crippen LogP contribution in [-0.4, -0.2) is 45.3 Å². The van der Waals surface area contributed by atoms with E-state index in [1.807, 2.05) is 0 Å². The molecule has 1 saturated heterocycles. The molecular weight excluding hydrogens is 218 g/mol. The third-order valence-corrected chi connectivity index (χ3v) is 2.92. The lowest BCUT2D eigenvalue weighted by atomic mass is 10.2. The molecule has 1 heterocycles.